The van der Waals surface area contributed by atoms with Gasteiger partial charge in [-0.2, -0.15) is 13.2 Å². The summed E-state index contributed by atoms with van der Waals surface area (Å²) in [4.78, 5) is 19.7. The van der Waals surface area contributed by atoms with Crippen molar-refractivity contribution in [2.24, 2.45) is 0 Å². The predicted molar refractivity (Wildman–Crippen MR) is 83.6 cm³/mol. The number of pyridine rings is 1. The van der Waals surface area contributed by atoms with E-state index in [2.05, 4.69) is 4.98 Å². The van der Waals surface area contributed by atoms with Gasteiger partial charge >= 0.3 is 6.18 Å². The van der Waals surface area contributed by atoms with Crippen LogP contribution in [0.2, 0.25) is 5.02 Å². The van der Waals surface area contributed by atoms with Crippen molar-refractivity contribution >= 4 is 23.3 Å². The molecule has 10 heteroatoms. The van der Waals surface area contributed by atoms with Crippen molar-refractivity contribution in [3.05, 3.63) is 22.8 Å². The van der Waals surface area contributed by atoms with Crippen molar-refractivity contribution in [2.45, 2.75) is 12.3 Å². The zero-order chi connectivity index (χ0) is 18.0. The first-order chi connectivity index (χ1) is 11.9. The van der Waals surface area contributed by atoms with E-state index in [1.54, 1.807) is 9.80 Å². The van der Waals surface area contributed by atoms with E-state index in [-0.39, 0.29) is 29.9 Å². The molecule has 3 heterocycles. The molecule has 2 fully saturated rings. The van der Waals surface area contributed by atoms with Gasteiger partial charge in [-0.15, -0.1) is 0 Å². The number of hydrogen-bond donors (Lipinski definition) is 0. The minimum absolute atomic E-state index is 0.103. The van der Waals surface area contributed by atoms with E-state index in [4.69, 9.17) is 21.1 Å². The average molecular weight is 380 g/mol. The Morgan fingerprint density at radius 3 is 2.60 bits per heavy atom. The van der Waals surface area contributed by atoms with Gasteiger partial charge in [-0.3, -0.25) is 4.79 Å². The van der Waals surface area contributed by atoms with E-state index in [1.807, 2.05) is 0 Å². The van der Waals surface area contributed by atoms with Gasteiger partial charge in [-0.25, -0.2) is 4.98 Å². The number of hydrogen-bond acceptors (Lipinski definition) is 5. The third kappa shape index (κ3) is 4.16. The summed E-state index contributed by atoms with van der Waals surface area (Å²) in [5.74, 6) is 0.0637. The molecular formula is C15H17ClF3N3O3. The lowest BCUT2D eigenvalue weighted by Crippen LogP contribution is -2.53. The van der Waals surface area contributed by atoms with Gasteiger partial charge in [0.25, 0.3) is 5.91 Å². The molecule has 1 aromatic heterocycles. The highest BCUT2D eigenvalue weighted by atomic mass is 35.5. The van der Waals surface area contributed by atoms with Crippen LogP contribution in [0.4, 0.5) is 19.0 Å². The van der Waals surface area contributed by atoms with Crippen LogP contribution in [0, 0.1) is 0 Å². The Bertz CT molecular complexity index is 638. The van der Waals surface area contributed by atoms with Crippen molar-refractivity contribution < 1.29 is 27.4 Å². The first-order valence-electron chi connectivity index (χ1n) is 7.82. The molecule has 0 aliphatic carbocycles. The molecule has 3 rings (SSSR count). The molecule has 0 spiro atoms. The van der Waals surface area contributed by atoms with E-state index >= 15 is 0 Å². The van der Waals surface area contributed by atoms with Crippen molar-refractivity contribution in [3.63, 3.8) is 0 Å². The number of amides is 1. The highest BCUT2D eigenvalue weighted by molar-refractivity contribution is 6.33. The normalized spacial score (nSPS) is 22.2. The topological polar surface area (TPSA) is 54.9 Å². The number of halogens is 4. The van der Waals surface area contributed by atoms with Crippen molar-refractivity contribution in [1.82, 2.24) is 9.88 Å². The molecule has 1 aromatic rings. The van der Waals surface area contributed by atoms with Gasteiger partial charge in [0.2, 0.25) is 0 Å². The number of carbonyl (C=O) groups excluding carboxylic acids is 1. The van der Waals surface area contributed by atoms with E-state index in [1.165, 1.54) is 0 Å². The molecule has 1 unspecified atom stereocenters. The largest absolute Gasteiger partial charge is 0.417 e. The van der Waals surface area contributed by atoms with Crippen molar-refractivity contribution in [1.29, 1.82) is 0 Å². The zero-order valence-electron chi connectivity index (χ0n) is 13.3. The molecule has 2 aliphatic heterocycles. The second-order valence-corrected chi connectivity index (χ2v) is 6.18. The Balaban J connectivity index is 1.72. The minimum Gasteiger partial charge on any atom is -0.378 e. The summed E-state index contributed by atoms with van der Waals surface area (Å²) in [6.07, 6.45) is -4.46. The Morgan fingerprint density at radius 2 is 1.96 bits per heavy atom. The van der Waals surface area contributed by atoms with Crippen LogP contribution in [0.25, 0.3) is 0 Å². The minimum atomic E-state index is -4.50. The third-order valence-corrected chi connectivity index (χ3v) is 4.39. The Hall–Kier alpha value is -1.58. The summed E-state index contributed by atoms with van der Waals surface area (Å²) in [5, 5.41) is -0.103. The molecule has 138 valence electrons. The number of morpholine rings is 2. The highest BCUT2D eigenvalue weighted by Crippen LogP contribution is 2.34. The summed E-state index contributed by atoms with van der Waals surface area (Å²) in [6.45, 7) is 2.80. The second kappa shape index (κ2) is 7.35. The summed E-state index contributed by atoms with van der Waals surface area (Å²) in [7, 11) is 0. The fourth-order valence-electron chi connectivity index (χ4n) is 2.80. The van der Waals surface area contributed by atoms with Gasteiger partial charge in [0.05, 0.1) is 37.0 Å². The fraction of sp³-hybridized carbons (Fsp3) is 0.600. The number of aromatic nitrogens is 1. The quantitative estimate of drug-likeness (QED) is 0.784. The molecule has 0 N–H and O–H groups in total. The Labute approximate surface area is 147 Å². The maximum atomic E-state index is 12.7. The van der Waals surface area contributed by atoms with E-state index in [0.29, 0.717) is 32.8 Å². The van der Waals surface area contributed by atoms with Crippen LogP contribution in [-0.4, -0.2) is 67.9 Å². The maximum Gasteiger partial charge on any atom is 0.417 e. The fourth-order valence-corrected chi connectivity index (χ4v) is 3.08. The lowest BCUT2D eigenvalue weighted by atomic mass is 10.2. The van der Waals surface area contributed by atoms with Crippen LogP contribution in [0.1, 0.15) is 5.56 Å². The number of anilines is 1. The van der Waals surface area contributed by atoms with E-state index in [9.17, 15) is 18.0 Å². The van der Waals surface area contributed by atoms with Crippen molar-refractivity contribution in [3.8, 4) is 0 Å². The molecule has 25 heavy (non-hydrogen) atoms. The number of ether oxygens (including phenoxy) is 2. The number of carbonyl (C=O) groups is 1. The van der Waals surface area contributed by atoms with E-state index in [0.717, 1.165) is 12.3 Å². The molecule has 0 saturated carbocycles. The molecule has 6 nitrogen and oxygen atoms in total. The van der Waals surface area contributed by atoms with Crippen LogP contribution >= 0.6 is 11.6 Å². The molecule has 1 atom stereocenters. The standard InChI is InChI=1S/C15H17ClF3N3O3/c16-11-7-10(15(17,18)19)8-20-13(11)22-3-6-25-12(9-22)14(23)21-1-4-24-5-2-21/h7-8,12H,1-6,9H2. The summed E-state index contributed by atoms with van der Waals surface area (Å²) >= 11 is 5.99. The zero-order valence-corrected chi connectivity index (χ0v) is 14.0. The maximum absolute atomic E-state index is 12.7. The molecule has 2 aliphatic rings. The van der Waals surface area contributed by atoms with Crippen molar-refractivity contribution in [2.75, 3.05) is 50.9 Å². The van der Waals surface area contributed by atoms with Crippen LogP contribution in [0.15, 0.2) is 12.3 Å². The van der Waals surface area contributed by atoms with Gasteiger partial charge in [-0.1, -0.05) is 11.6 Å². The van der Waals surface area contributed by atoms with Crippen LogP contribution in [0.5, 0.6) is 0 Å². The smallest absolute Gasteiger partial charge is 0.378 e. The monoisotopic (exact) mass is 379 g/mol. The first-order valence-corrected chi connectivity index (χ1v) is 8.20. The molecule has 0 bridgehead atoms. The average Bonchev–Trinajstić information content (AvgIpc) is 2.61. The first kappa shape index (κ1) is 18.2. The third-order valence-electron chi connectivity index (χ3n) is 4.11. The van der Waals surface area contributed by atoms with E-state index < -0.39 is 17.8 Å². The molecule has 0 aromatic carbocycles. The Morgan fingerprint density at radius 1 is 1.24 bits per heavy atom. The lowest BCUT2D eigenvalue weighted by molar-refractivity contribution is -0.148. The van der Waals surface area contributed by atoms with Gasteiger partial charge < -0.3 is 19.3 Å². The number of alkyl halides is 3. The molecule has 0 radical (unpaired) electrons. The van der Waals surface area contributed by atoms with Gasteiger partial charge in [0.1, 0.15) is 5.82 Å². The molecular weight excluding hydrogens is 363 g/mol. The predicted octanol–water partition coefficient (Wildman–Crippen LogP) is 1.82. The van der Waals surface area contributed by atoms with Gasteiger partial charge in [0.15, 0.2) is 6.10 Å². The number of nitrogens with zero attached hydrogens (tertiary/aromatic N) is 3. The molecule has 2 saturated heterocycles. The number of rotatable bonds is 2. The lowest BCUT2D eigenvalue weighted by Gasteiger charge is -2.36. The summed E-state index contributed by atoms with van der Waals surface area (Å²) in [6, 6.07) is 0.845. The van der Waals surface area contributed by atoms with Gasteiger partial charge in [0, 0.05) is 25.8 Å². The highest BCUT2D eigenvalue weighted by Gasteiger charge is 2.34. The SMILES string of the molecule is O=C(C1CN(c2ncc(C(F)(F)F)cc2Cl)CCO1)N1CCOCC1. The van der Waals surface area contributed by atoms with Crippen LogP contribution < -0.4 is 4.90 Å². The van der Waals surface area contributed by atoms with Gasteiger partial charge in [-0.05, 0) is 6.07 Å². The second-order valence-electron chi connectivity index (χ2n) is 5.77. The molecule has 1 amide bonds. The van der Waals surface area contributed by atoms with Crippen LogP contribution in [-0.2, 0) is 20.4 Å². The summed E-state index contributed by atoms with van der Waals surface area (Å²) < 4.78 is 48.9. The summed E-state index contributed by atoms with van der Waals surface area (Å²) in [5.41, 5.74) is -0.907. The van der Waals surface area contributed by atoms with Crippen LogP contribution in [0.3, 0.4) is 0 Å². The Kier molecular flexibility index (Phi) is 5.35.